The summed E-state index contributed by atoms with van der Waals surface area (Å²) in [7, 11) is 1.90. The SMILES string of the molecule is C=CCOCCOCCOCCOCCOCCOCCOCCNC. The van der Waals surface area contributed by atoms with Gasteiger partial charge in [0, 0.05) is 6.54 Å². The van der Waals surface area contributed by atoms with Gasteiger partial charge in [-0.25, -0.2) is 0 Å². The van der Waals surface area contributed by atoms with Crippen LogP contribution in [0.5, 0.6) is 0 Å². The van der Waals surface area contributed by atoms with Crippen LogP contribution in [0.3, 0.4) is 0 Å². The summed E-state index contributed by atoms with van der Waals surface area (Å²) in [5.41, 5.74) is 0. The van der Waals surface area contributed by atoms with Gasteiger partial charge in [0.05, 0.1) is 92.5 Å². The maximum atomic E-state index is 5.40. The highest BCUT2D eigenvalue weighted by Crippen LogP contribution is 1.85. The first-order valence-corrected chi connectivity index (χ1v) is 9.21. The summed E-state index contributed by atoms with van der Waals surface area (Å²) >= 11 is 0. The molecule has 0 heterocycles. The van der Waals surface area contributed by atoms with Crippen molar-refractivity contribution in [3.63, 3.8) is 0 Å². The Morgan fingerprint density at radius 3 is 1.15 bits per heavy atom. The predicted molar refractivity (Wildman–Crippen MR) is 99.9 cm³/mol. The summed E-state index contributed by atoms with van der Waals surface area (Å²) in [6, 6.07) is 0. The second-order valence-corrected chi connectivity index (χ2v) is 5.14. The van der Waals surface area contributed by atoms with Crippen LogP contribution in [-0.4, -0.2) is 106 Å². The van der Waals surface area contributed by atoms with E-state index in [2.05, 4.69) is 11.9 Å². The predicted octanol–water partition coefficient (Wildman–Crippen LogP) is 0.508. The van der Waals surface area contributed by atoms with Crippen LogP contribution in [0.15, 0.2) is 12.7 Å². The van der Waals surface area contributed by atoms with E-state index in [1.807, 2.05) is 7.05 Å². The van der Waals surface area contributed by atoms with Gasteiger partial charge in [0.15, 0.2) is 0 Å². The molecule has 0 saturated heterocycles. The molecule has 0 aromatic rings. The minimum absolute atomic E-state index is 0.548. The molecule has 0 fully saturated rings. The lowest BCUT2D eigenvalue weighted by Crippen LogP contribution is -2.17. The molecule has 8 heteroatoms. The summed E-state index contributed by atoms with van der Waals surface area (Å²) in [4.78, 5) is 0. The van der Waals surface area contributed by atoms with Crippen LogP contribution in [0.4, 0.5) is 0 Å². The van der Waals surface area contributed by atoms with Gasteiger partial charge in [0.1, 0.15) is 0 Å². The Labute approximate surface area is 158 Å². The Hall–Kier alpha value is -0.580. The first kappa shape index (κ1) is 25.4. The van der Waals surface area contributed by atoms with Gasteiger partial charge in [-0.15, -0.1) is 6.58 Å². The number of hydrogen-bond donors (Lipinski definition) is 1. The molecular formula is C18H37NO7. The maximum Gasteiger partial charge on any atom is 0.0704 e. The molecule has 0 unspecified atom stereocenters. The zero-order valence-corrected chi connectivity index (χ0v) is 16.2. The lowest BCUT2D eigenvalue weighted by molar-refractivity contribution is -0.0196. The minimum atomic E-state index is 0.548. The Balaban J connectivity index is 2.96. The zero-order chi connectivity index (χ0) is 19.0. The van der Waals surface area contributed by atoms with Crippen LogP contribution in [0.25, 0.3) is 0 Å². The molecule has 0 saturated carbocycles. The fourth-order valence-corrected chi connectivity index (χ4v) is 1.66. The van der Waals surface area contributed by atoms with Crippen molar-refractivity contribution < 1.29 is 33.2 Å². The van der Waals surface area contributed by atoms with Crippen molar-refractivity contribution in [2.24, 2.45) is 0 Å². The van der Waals surface area contributed by atoms with Crippen LogP contribution >= 0.6 is 0 Å². The van der Waals surface area contributed by atoms with Crippen LogP contribution in [-0.2, 0) is 33.2 Å². The molecule has 0 radical (unpaired) electrons. The molecule has 8 nitrogen and oxygen atoms in total. The molecule has 156 valence electrons. The van der Waals surface area contributed by atoms with Crippen molar-refractivity contribution in [1.82, 2.24) is 5.32 Å². The van der Waals surface area contributed by atoms with E-state index in [1.54, 1.807) is 6.08 Å². The van der Waals surface area contributed by atoms with E-state index < -0.39 is 0 Å². The van der Waals surface area contributed by atoms with Gasteiger partial charge in [-0.3, -0.25) is 0 Å². The summed E-state index contributed by atoms with van der Waals surface area (Å²) in [6.07, 6.45) is 1.71. The van der Waals surface area contributed by atoms with Gasteiger partial charge in [0.25, 0.3) is 0 Å². The largest absolute Gasteiger partial charge is 0.378 e. The van der Waals surface area contributed by atoms with Crippen molar-refractivity contribution in [1.29, 1.82) is 0 Å². The van der Waals surface area contributed by atoms with E-state index in [0.29, 0.717) is 92.5 Å². The smallest absolute Gasteiger partial charge is 0.0704 e. The van der Waals surface area contributed by atoms with Gasteiger partial charge >= 0.3 is 0 Å². The van der Waals surface area contributed by atoms with Crippen LogP contribution < -0.4 is 5.32 Å². The zero-order valence-electron chi connectivity index (χ0n) is 16.2. The molecule has 0 aliphatic heterocycles. The summed E-state index contributed by atoms with van der Waals surface area (Å²) in [5.74, 6) is 0. The van der Waals surface area contributed by atoms with Crippen LogP contribution in [0.2, 0.25) is 0 Å². The van der Waals surface area contributed by atoms with Crippen molar-refractivity contribution >= 4 is 0 Å². The third-order valence-electron chi connectivity index (χ3n) is 2.96. The van der Waals surface area contributed by atoms with Crippen LogP contribution in [0.1, 0.15) is 0 Å². The van der Waals surface area contributed by atoms with Crippen molar-refractivity contribution in [2.75, 3.05) is 106 Å². The van der Waals surface area contributed by atoms with Gasteiger partial charge in [-0.1, -0.05) is 6.08 Å². The Kier molecular flexibility index (Phi) is 23.9. The fourth-order valence-electron chi connectivity index (χ4n) is 1.66. The minimum Gasteiger partial charge on any atom is -0.378 e. The first-order valence-electron chi connectivity index (χ1n) is 9.21. The summed E-state index contributed by atoms with van der Waals surface area (Å²) in [5, 5.41) is 3.01. The van der Waals surface area contributed by atoms with Gasteiger partial charge in [-0.2, -0.15) is 0 Å². The fraction of sp³-hybridized carbons (Fsp3) is 0.889. The third kappa shape index (κ3) is 23.4. The van der Waals surface area contributed by atoms with E-state index >= 15 is 0 Å². The molecule has 0 amide bonds. The molecule has 0 rings (SSSR count). The molecule has 0 aliphatic carbocycles. The second-order valence-electron chi connectivity index (χ2n) is 5.14. The number of ether oxygens (including phenoxy) is 7. The van der Waals surface area contributed by atoms with E-state index in [1.165, 1.54) is 0 Å². The van der Waals surface area contributed by atoms with Crippen LogP contribution in [0, 0.1) is 0 Å². The molecule has 0 aromatic heterocycles. The highest BCUT2D eigenvalue weighted by Gasteiger charge is 1.94. The topological polar surface area (TPSA) is 76.6 Å². The average Bonchev–Trinajstić information content (AvgIpc) is 2.66. The van der Waals surface area contributed by atoms with Gasteiger partial charge in [0.2, 0.25) is 0 Å². The molecule has 0 atom stereocenters. The normalized spacial score (nSPS) is 11.1. The Morgan fingerprint density at radius 1 is 0.538 bits per heavy atom. The van der Waals surface area contributed by atoms with Gasteiger partial charge < -0.3 is 38.5 Å². The van der Waals surface area contributed by atoms with E-state index in [4.69, 9.17) is 33.2 Å². The summed E-state index contributed by atoms with van der Waals surface area (Å²) in [6.45, 7) is 12.5. The molecule has 26 heavy (non-hydrogen) atoms. The molecular weight excluding hydrogens is 342 g/mol. The molecule has 0 bridgehead atoms. The lowest BCUT2D eigenvalue weighted by atomic mass is 10.6. The second kappa shape index (κ2) is 24.4. The monoisotopic (exact) mass is 379 g/mol. The molecule has 0 aromatic carbocycles. The highest BCUT2D eigenvalue weighted by atomic mass is 16.6. The number of hydrogen-bond acceptors (Lipinski definition) is 8. The van der Waals surface area contributed by atoms with Crippen molar-refractivity contribution in [2.45, 2.75) is 0 Å². The van der Waals surface area contributed by atoms with E-state index in [9.17, 15) is 0 Å². The van der Waals surface area contributed by atoms with Crippen molar-refractivity contribution in [3.8, 4) is 0 Å². The number of nitrogens with one attached hydrogen (secondary N) is 1. The highest BCUT2D eigenvalue weighted by molar-refractivity contribution is 4.63. The Morgan fingerprint density at radius 2 is 0.846 bits per heavy atom. The van der Waals surface area contributed by atoms with Gasteiger partial charge in [-0.05, 0) is 7.05 Å². The van der Waals surface area contributed by atoms with E-state index in [0.717, 1.165) is 6.54 Å². The average molecular weight is 379 g/mol. The summed E-state index contributed by atoms with van der Waals surface area (Å²) < 4.78 is 37.4. The quantitative estimate of drug-likeness (QED) is 0.203. The van der Waals surface area contributed by atoms with E-state index in [-0.39, 0.29) is 0 Å². The standard InChI is InChI=1S/C18H37NO7/c1-3-5-20-7-9-22-11-13-24-15-17-26-18-16-25-14-12-23-10-8-21-6-4-19-2/h3,19H,1,4-18H2,2H3. The third-order valence-corrected chi connectivity index (χ3v) is 2.96. The van der Waals surface area contributed by atoms with Crippen molar-refractivity contribution in [3.05, 3.63) is 12.7 Å². The molecule has 0 spiro atoms. The maximum absolute atomic E-state index is 5.40. The molecule has 0 aliphatic rings. The molecule has 1 N–H and O–H groups in total. The first-order chi connectivity index (χ1) is 12.9. The number of likely N-dealkylation sites (N-methyl/N-ethyl adjacent to an activating group) is 1. The Bertz CT molecular complexity index is 270. The number of rotatable bonds is 23. The lowest BCUT2D eigenvalue weighted by Gasteiger charge is -2.08.